The van der Waals surface area contributed by atoms with E-state index < -0.39 is 0 Å². The van der Waals surface area contributed by atoms with Gasteiger partial charge >= 0.3 is 0 Å². The molecule has 0 amide bonds. The first-order valence-corrected chi connectivity index (χ1v) is 9.10. The lowest BCUT2D eigenvalue weighted by Crippen LogP contribution is -2.31. The van der Waals surface area contributed by atoms with Crippen LogP contribution in [-0.4, -0.2) is 23.1 Å². The van der Waals surface area contributed by atoms with Crippen molar-refractivity contribution in [3.63, 3.8) is 0 Å². The molecule has 0 aromatic carbocycles. The van der Waals surface area contributed by atoms with Crippen molar-refractivity contribution in [2.24, 2.45) is 0 Å². The molecule has 1 aliphatic heterocycles. The molecule has 1 aromatic heterocycles. The molecule has 0 atom stereocenters. The highest BCUT2D eigenvalue weighted by Gasteiger charge is 2.16. The summed E-state index contributed by atoms with van der Waals surface area (Å²) >= 11 is 0. The maximum Gasteiger partial charge on any atom is 0.227 e. The fourth-order valence-electron chi connectivity index (χ4n) is 3.23. The minimum absolute atomic E-state index is 0.696. The molecule has 0 spiro atoms. The SMILES string of the molecule is CCCCCCCCc1c(C)nc(N2CCCCC2)nc1N. The summed E-state index contributed by atoms with van der Waals surface area (Å²) in [5.74, 6) is 1.53. The van der Waals surface area contributed by atoms with Crippen LogP contribution in [0.3, 0.4) is 0 Å². The van der Waals surface area contributed by atoms with Crippen LogP contribution in [0.4, 0.5) is 11.8 Å². The average Bonchev–Trinajstić information content (AvgIpc) is 2.53. The maximum atomic E-state index is 6.21. The first kappa shape index (κ1) is 17.0. The Hall–Kier alpha value is -1.32. The Labute approximate surface area is 135 Å². The monoisotopic (exact) mass is 304 g/mol. The minimum atomic E-state index is 0.696. The van der Waals surface area contributed by atoms with Crippen LogP contribution in [0.25, 0.3) is 0 Å². The Morgan fingerprint density at radius 2 is 1.64 bits per heavy atom. The molecule has 2 N–H and O–H groups in total. The highest BCUT2D eigenvalue weighted by Crippen LogP contribution is 2.22. The predicted octanol–water partition coefficient (Wildman–Crippen LogP) is 4.26. The van der Waals surface area contributed by atoms with Gasteiger partial charge in [-0.1, -0.05) is 39.0 Å². The van der Waals surface area contributed by atoms with Gasteiger partial charge in [0.15, 0.2) is 0 Å². The number of piperidine rings is 1. The van der Waals surface area contributed by atoms with E-state index in [0.717, 1.165) is 36.7 Å². The predicted molar refractivity (Wildman–Crippen MR) is 94.3 cm³/mol. The van der Waals surface area contributed by atoms with Gasteiger partial charge in [0.1, 0.15) is 5.82 Å². The molecule has 1 aliphatic rings. The number of unbranched alkanes of at least 4 members (excludes halogenated alkanes) is 5. The van der Waals surface area contributed by atoms with E-state index in [1.165, 1.54) is 57.8 Å². The van der Waals surface area contributed by atoms with E-state index in [4.69, 9.17) is 10.7 Å². The third kappa shape index (κ3) is 4.85. The smallest absolute Gasteiger partial charge is 0.227 e. The zero-order valence-corrected chi connectivity index (χ0v) is 14.4. The lowest BCUT2D eigenvalue weighted by molar-refractivity contribution is 0.567. The quantitative estimate of drug-likeness (QED) is 0.729. The molecule has 0 radical (unpaired) electrons. The van der Waals surface area contributed by atoms with Gasteiger partial charge in [0.2, 0.25) is 5.95 Å². The molecule has 2 rings (SSSR count). The van der Waals surface area contributed by atoms with E-state index in [1.54, 1.807) is 0 Å². The lowest BCUT2D eigenvalue weighted by atomic mass is 10.0. The van der Waals surface area contributed by atoms with Crippen molar-refractivity contribution in [1.29, 1.82) is 0 Å². The van der Waals surface area contributed by atoms with Crippen molar-refractivity contribution >= 4 is 11.8 Å². The van der Waals surface area contributed by atoms with Crippen molar-refractivity contribution in [1.82, 2.24) is 9.97 Å². The molecular formula is C18H32N4. The fourth-order valence-corrected chi connectivity index (χ4v) is 3.23. The van der Waals surface area contributed by atoms with Crippen molar-refractivity contribution in [3.05, 3.63) is 11.3 Å². The Morgan fingerprint density at radius 1 is 0.955 bits per heavy atom. The first-order chi connectivity index (χ1) is 10.7. The zero-order chi connectivity index (χ0) is 15.8. The summed E-state index contributed by atoms with van der Waals surface area (Å²) in [4.78, 5) is 11.6. The van der Waals surface area contributed by atoms with Crippen molar-refractivity contribution in [3.8, 4) is 0 Å². The van der Waals surface area contributed by atoms with Gasteiger partial charge in [0.05, 0.1) is 0 Å². The van der Waals surface area contributed by atoms with Gasteiger partial charge in [0.25, 0.3) is 0 Å². The molecule has 1 fully saturated rings. The molecule has 0 saturated carbocycles. The summed E-state index contributed by atoms with van der Waals surface area (Å²) in [6.45, 7) is 6.47. The summed E-state index contributed by atoms with van der Waals surface area (Å²) in [6, 6.07) is 0. The second kappa shape index (κ2) is 8.96. The number of aryl methyl sites for hydroxylation is 1. The summed E-state index contributed by atoms with van der Waals surface area (Å²) < 4.78 is 0. The molecule has 0 bridgehead atoms. The highest BCUT2D eigenvalue weighted by molar-refractivity contribution is 5.48. The molecule has 1 aromatic rings. The molecule has 0 aliphatic carbocycles. The highest BCUT2D eigenvalue weighted by atomic mass is 15.3. The summed E-state index contributed by atoms with van der Waals surface area (Å²) in [5.41, 5.74) is 8.45. The van der Waals surface area contributed by atoms with Gasteiger partial charge in [-0.05, 0) is 39.0 Å². The number of hydrogen-bond acceptors (Lipinski definition) is 4. The van der Waals surface area contributed by atoms with Crippen LogP contribution in [0.2, 0.25) is 0 Å². The van der Waals surface area contributed by atoms with Crippen LogP contribution in [0.15, 0.2) is 0 Å². The van der Waals surface area contributed by atoms with Crippen LogP contribution in [0.1, 0.15) is 76.0 Å². The number of nitrogens with two attached hydrogens (primary N) is 1. The van der Waals surface area contributed by atoms with Crippen molar-refractivity contribution in [2.75, 3.05) is 23.7 Å². The van der Waals surface area contributed by atoms with Crippen molar-refractivity contribution in [2.45, 2.75) is 78.1 Å². The second-order valence-electron chi connectivity index (χ2n) is 6.54. The number of nitrogens with zero attached hydrogens (tertiary/aromatic N) is 3. The molecular weight excluding hydrogens is 272 g/mol. The molecule has 4 heteroatoms. The van der Waals surface area contributed by atoms with Gasteiger partial charge in [-0.3, -0.25) is 0 Å². The standard InChI is InChI=1S/C18H32N4/c1-3-4-5-6-7-9-12-16-15(2)20-18(21-17(16)19)22-13-10-8-11-14-22/h3-14H2,1-2H3,(H2,19,20,21). The largest absolute Gasteiger partial charge is 0.383 e. The molecule has 22 heavy (non-hydrogen) atoms. The van der Waals surface area contributed by atoms with Crippen LogP contribution in [0.5, 0.6) is 0 Å². The lowest BCUT2D eigenvalue weighted by Gasteiger charge is -2.27. The number of nitrogen functional groups attached to an aromatic ring is 1. The molecule has 4 nitrogen and oxygen atoms in total. The van der Waals surface area contributed by atoms with E-state index in [-0.39, 0.29) is 0 Å². The second-order valence-corrected chi connectivity index (χ2v) is 6.54. The normalized spacial score (nSPS) is 15.3. The van der Waals surface area contributed by atoms with E-state index in [9.17, 15) is 0 Å². The van der Waals surface area contributed by atoms with Crippen molar-refractivity contribution < 1.29 is 0 Å². The fraction of sp³-hybridized carbons (Fsp3) is 0.778. The van der Waals surface area contributed by atoms with Crippen LogP contribution >= 0.6 is 0 Å². The van der Waals surface area contributed by atoms with E-state index in [1.807, 2.05) is 0 Å². The summed E-state index contributed by atoms with van der Waals surface area (Å²) in [5, 5.41) is 0. The molecule has 124 valence electrons. The Kier molecular flexibility index (Phi) is 6.94. The average molecular weight is 304 g/mol. The zero-order valence-electron chi connectivity index (χ0n) is 14.4. The number of anilines is 2. The topological polar surface area (TPSA) is 55.0 Å². The van der Waals surface area contributed by atoms with Gasteiger partial charge in [-0.25, -0.2) is 4.98 Å². The van der Waals surface area contributed by atoms with E-state index in [2.05, 4.69) is 23.7 Å². The molecule has 1 saturated heterocycles. The molecule has 2 heterocycles. The van der Waals surface area contributed by atoms with Crippen LogP contribution < -0.4 is 10.6 Å². The Morgan fingerprint density at radius 3 is 2.32 bits per heavy atom. The number of aromatic nitrogens is 2. The van der Waals surface area contributed by atoms with E-state index in [0.29, 0.717) is 5.82 Å². The van der Waals surface area contributed by atoms with Gasteiger partial charge in [-0.15, -0.1) is 0 Å². The minimum Gasteiger partial charge on any atom is -0.383 e. The van der Waals surface area contributed by atoms with Gasteiger partial charge < -0.3 is 10.6 Å². The third-order valence-corrected chi connectivity index (χ3v) is 4.65. The van der Waals surface area contributed by atoms with Gasteiger partial charge in [-0.2, -0.15) is 4.98 Å². The first-order valence-electron chi connectivity index (χ1n) is 9.10. The van der Waals surface area contributed by atoms with Crippen LogP contribution in [-0.2, 0) is 6.42 Å². The summed E-state index contributed by atoms with van der Waals surface area (Å²) in [7, 11) is 0. The Balaban J connectivity index is 1.89. The maximum absolute atomic E-state index is 6.21. The van der Waals surface area contributed by atoms with E-state index >= 15 is 0 Å². The van der Waals surface area contributed by atoms with Crippen LogP contribution in [0, 0.1) is 6.92 Å². The number of hydrogen-bond donors (Lipinski definition) is 1. The Bertz CT molecular complexity index is 429. The number of rotatable bonds is 8. The summed E-state index contributed by atoms with van der Waals surface area (Å²) in [6.07, 6.45) is 12.6. The molecule has 0 unspecified atom stereocenters. The van der Waals surface area contributed by atoms with Gasteiger partial charge in [0, 0.05) is 24.3 Å². The third-order valence-electron chi connectivity index (χ3n) is 4.65.